The zero-order valence-electron chi connectivity index (χ0n) is 16.7. The third-order valence-electron chi connectivity index (χ3n) is 5.19. The topological polar surface area (TPSA) is 75.3 Å². The van der Waals surface area contributed by atoms with Gasteiger partial charge in [0.05, 0.1) is 10.9 Å². The Labute approximate surface area is 167 Å². The highest BCUT2D eigenvalue weighted by Gasteiger charge is 2.25. The van der Waals surface area contributed by atoms with Crippen LogP contribution < -0.4 is 10.0 Å². The Morgan fingerprint density at radius 3 is 2.68 bits per heavy atom. The Kier molecular flexibility index (Phi) is 6.20. The van der Waals surface area contributed by atoms with Gasteiger partial charge in [-0.2, -0.15) is 0 Å². The molecule has 1 atom stereocenters. The van der Waals surface area contributed by atoms with E-state index in [0.29, 0.717) is 23.6 Å². The molecule has 0 spiro atoms. The number of rotatable bonds is 7. The molecule has 0 fully saturated rings. The van der Waals surface area contributed by atoms with E-state index in [0.717, 1.165) is 24.8 Å². The summed E-state index contributed by atoms with van der Waals surface area (Å²) in [5, 5.41) is 3.05. The highest BCUT2D eigenvalue weighted by Crippen LogP contribution is 2.31. The van der Waals surface area contributed by atoms with Crippen LogP contribution in [0.25, 0.3) is 0 Å². The molecule has 5 nitrogen and oxygen atoms in total. The lowest BCUT2D eigenvalue weighted by Crippen LogP contribution is -2.29. The van der Waals surface area contributed by atoms with Crippen LogP contribution in [-0.4, -0.2) is 20.9 Å². The molecule has 1 amide bonds. The maximum Gasteiger partial charge on any atom is 0.251 e. The average molecular weight is 401 g/mol. The van der Waals surface area contributed by atoms with Crippen LogP contribution in [0, 0.1) is 12.8 Å². The molecule has 2 aromatic rings. The molecule has 1 aliphatic rings. The van der Waals surface area contributed by atoms with Crippen LogP contribution in [0.1, 0.15) is 59.8 Å². The summed E-state index contributed by atoms with van der Waals surface area (Å²) in [5.74, 6) is 0.163. The van der Waals surface area contributed by atoms with E-state index in [1.807, 2.05) is 32.0 Å². The standard InChI is InChI=1S/C22H28N2O3S/c1-15(2)12-13-23-28(26,27)21-14-18(9-8-16(21)3)22(25)24-20-11-10-17-6-4-5-7-19(17)20/h4-9,14-15,20,23H,10-13H2,1-3H3,(H,24,25). The van der Waals surface area contributed by atoms with Crippen molar-refractivity contribution in [3.63, 3.8) is 0 Å². The summed E-state index contributed by atoms with van der Waals surface area (Å²) in [7, 11) is -3.65. The van der Waals surface area contributed by atoms with Gasteiger partial charge in [0.15, 0.2) is 0 Å². The van der Waals surface area contributed by atoms with Crippen molar-refractivity contribution in [1.82, 2.24) is 10.0 Å². The van der Waals surface area contributed by atoms with E-state index in [-0.39, 0.29) is 16.8 Å². The van der Waals surface area contributed by atoms with Crippen LogP contribution in [0.15, 0.2) is 47.4 Å². The van der Waals surface area contributed by atoms with E-state index in [1.54, 1.807) is 19.1 Å². The monoisotopic (exact) mass is 400 g/mol. The third kappa shape index (κ3) is 4.62. The van der Waals surface area contributed by atoms with Crippen molar-refractivity contribution in [3.05, 3.63) is 64.7 Å². The van der Waals surface area contributed by atoms with Gasteiger partial charge in [0.2, 0.25) is 10.0 Å². The molecule has 1 unspecified atom stereocenters. The molecule has 28 heavy (non-hydrogen) atoms. The quantitative estimate of drug-likeness (QED) is 0.743. The minimum absolute atomic E-state index is 0.0331. The average Bonchev–Trinajstić information content (AvgIpc) is 3.04. The minimum atomic E-state index is -3.65. The largest absolute Gasteiger partial charge is 0.345 e. The van der Waals surface area contributed by atoms with Crippen LogP contribution in [0.2, 0.25) is 0 Å². The highest BCUT2D eigenvalue weighted by molar-refractivity contribution is 7.89. The predicted molar refractivity (Wildman–Crippen MR) is 111 cm³/mol. The Morgan fingerprint density at radius 2 is 1.93 bits per heavy atom. The first-order chi connectivity index (χ1) is 13.3. The van der Waals surface area contributed by atoms with Gasteiger partial charge in [-0.3, -0.25) is 4.79 Å². The van der Waals surface area contributed by atoms with E-state index >= 15 is 0 Å². The van der Waals surface area contributed by atoms with E-state index in [2.05, 4.69) is 16.1 Å². The lowest BCUT2D eigenvalue weighted by molar-refractivity contribution is 0.0936. The summed E-state index contributed by atoms with van der Waals surface area (Å²) in [4.78, 5) is 12.9. The highest BCUT2D eigenvalue weighted by atomic mass is 32.2. The van der Waals surface area contributed by atoms with Crippen molar-refractivity contribution in [3.8, 4) is 0 Å². The number of carbonyl (C=O) groups is 1. The van der Waals surface area contributed by atoms with Crippen LogP contribution >= 0.6 is 0 Å². The number of hydrogen-bond donors (Lipinski definition) is 2. The van der Waals surface area contributed by atoms with Crippen molar-refractivity contribution in [2.75, 3.05) is 6.54 Å². The van der Waals surface area contributed by atoms with E-state index in [4.69, 9.17) is 0 Å². The van der Waals surface area contributed by atoms with Crippen LogP contribution in [-0.2, 0) is 16.4 Å². The zero-order chi connectivity index (χ0) is 20.3. The van der Waals surface area contributed by atoms with Gasteiger partial charge in [-0.15, -0.1) is 0 Å². The summed E-state index contributed by atoms with van der Waals surface area (Å²) in [6, 6.07) is 12.9. The molecule has 1 aliphatic carbocycles. The van der Waals surface area contributed by atoms with Gasteiger partial charge in [-0.05, 0) is 60.9 Å². The maximum atomic E-state index is 12.8. The van der Waals surface area contributed by atoms with Crippen LogP contribution in [0.5, 0.6) is 0 Å². The van der Waals surface area contributed by atoms with Crippen molar-refractivity contribution in [1.29, 1.82) is 0 Å². The van der Waals surface area contributed by atoms with Gasteiger partial charge in [0, 0.05) is 12.1 Å². The zero-order valence-corrected chi connectivity index (χ0v) is 17.5. The fraction of sp³-hybridized carbons (Fsp3) is 0.409. The van der Waals surface area contributed by atoms with Gasteiger partial charge in [-0.1, -0.05) is 44.2 Å². The normalized spacial score (nSPS) is 16.2. The van der Waals surface area contributed by atoms with E-state index < -0.39 is 10.0 Å². The van der Waals surface area contributed by atoms with Gasteiger partial charge in [0.25, 0.3) is 5.91 Å². The molecule has 2 aromatic carbocycles. The molecule has 0 saturated heterocycles. The van der Waals surface area contributed by atoms with Crippen LogP contribution in [0.4, 0.5) is 0 Å². The molecule has 0 aromatic heterocycles. The molecular formula is C22H28N2O3S. The van der Waals surface area contributed by atoms with Crippen LogP contribution in [0.3, 0.4) is 0 Å². The maximum absolute atomic E-state index is 12.8. The molecule has 0 radical (unpaired) electrons. The summed E-state index contributed by atoms with van der Waals surface area (Å²) in [5.41, 5.74) is 3.39. The molecular weight excluding hydrogens is 372 g/mol. The van der Waals surface area contributed by atoms with Crippen molar-refractivity contribution >= 4 is 15.9 Å². The number of fused-ring (bicyclic) bond motifs is 1. The number of carbonyl (C=O) groups excluding carboxylic acids is 1. The Balaban J connectivity index is 1.76. The Hall–Kier alpha value is -2.18. The van der Waals surface area contributed by atoms with Gasteiger partial charge in [-0.25, -0.2) is 13.1 Å². The smallest absolute Gasteiger partial charge is 0.251 e. The van der Waals surface area contributed by atoms with Crippen molar-refractivity contribution in [2.45, 2.75) is 51.0 Å². The first-order valence-corrected chi connectivity index (χ1v) is 11.2. The molecule has 6 heteroatoms. The number of benzene rings is 2. The molecule has 0 aliphatic heterocycles. The number of nitrogens with one attached hydrogen (secondary N) is 2. The molecule has 0 bridgehead atoms. The third-order valence-corrected chi connectivity index (χ3v) is 6.79. The van der Waals surface area contributed by atoms with Gasteiger partial charge < -0.3 is 5.32 Å². The predicted octanol–water partition coefficient (Wildman–Crippen LogP) is 3.74. The second-order valence-electron chi connectivity index (χ2n) is 7.82. The molecule has 0 saturated carbocycles. The number of aryl methyl sites for hydroxylation is 2. The lowest BCUT2D eigenvalue weighted by Gasteiger charge is -2.16. The lowest BCUT2D eigenvalue weighted by atomic mass is 10.1. The SMILES string of the molecule is Cc1ccc(C(=O)NC2CCc3ccccc32)cc1S(=O)(=O)NCCC(C)C. The number of amides is 1. The molecule has 0 heterocycles. The Morgan fingerprint density at radius 1 is 1.18 bits per heavy atom. The fourth-order valence-electron chi connectivity index (χ4n) is 3.54. The van der Waals surface area contributed by atoms with Gasteiger partial charge >= 0.3 is 0 Å². The van der Waals surface area contributed by atoms with Crippen molar-refractivity contribution < 1.29 is 13.2 Å². The first-order valence-electron chi connectivity index (χ1n) is 9.77. The summed E-state index contributed by atoms with van der Waals surface area (Å²) < 4.78 is 28.0. The molecule has 2 N–H and O–H groups in total. The van der Waals surface area contributed by atoms with Crippen molar-refractivity contribution in [2.24, 2.45) is 5.92 Å². The van der Waals surface area contributed by atoms with E-state index in [1.165, 1.54) is 11.6 Å². The summed E-state index contributed by atoms with van der Waals surface area (Å²) in [6.45, 7) is 6.22. The molecule has 3 rings (SSSR count). The fourth-order valence-corrected chi connectivity index (χ4v) is 4.86. The minimum Gasteiger partial charge on any atom is -0.345 e. The number of hydrogen-bond acceptors (Lipinski definition) is 3. The summed E-state index contributed by atoms with van der Waals surface area (Å²) >= 11 is 0. The first kappa shape index (κ1) is 20.6. The Bertz CT molecular complexity index is 967. The second kappa shape index (κ2) is 8.45. The summed E-state index contributed by atoms with van der Waals surface area (Å²) in [6.07, 6.45) is 2.56. The van der Waals surface area contributed by atoms with Gasteiger partial charge in [0.1, 0.15) is 0 Å². The number of sulfonamides is 1. The second-order valence-corrected chi connectivity index (χ2v) is 9.56. The molecule has 150 valence electrons. The van der Waals surface area contributed by atoms with E-state index in [9.17, 15) is 13.2 Å².